The van der Waals surface area contributed by atoms with E-state index in [1.54, 1.807) is 32.4 Å². The Kier molecular flexibility index (Phi) is 6.78. The normalized spacial score (nSPS) is 12.9. The van der Waals surface area contributed by atoms with E-state index in [0.29, 0.717) is 58.6 Å². The molecule has 9 nitrogen and oxygen atoms in total. The molecule has 0 saturated carbocycles. The SMILES string of the molecule is CN(I)CC(=O)N1CCOc2ccc(Nc3nccc(Nc4cnc5cc(F)c(F)cc5c4)n3)cc21. The Labute approximate surface area is 219 Å². The number of carbonyl (C=O) groups excluding carboxylic acids is 1. The van der Waals surface area contributed by atoms with Gasteiger partial charge in [-0.15, -0.1) is 0 Å². The standard InChI is InChI=1S/C24H20F2IN7O2/c1-33(27)13-23(35)34-6-7-36-21-3-2-15(10-20(21)34)31-24-28-5-4-22(32-24)30-16-8-14-9-17(25)18(26)11-19(14)29-12-16/h2-5,8-12H,6-7,13H2,1H3,(H2,28,30,31,32). The van der Waals surface area contributed by atoms with Crippen LogP contribution in [-0.2, 0) is 4.79 Å². The van der Waals surface area contributed by atoms with Gasteiger partial charge in [-0.3, -0.25) is 9.78 Å². The van der Waals surface area contributed by atoms with Crippen LogP contribution in [0.1, 0.15) is 0 Å². The van der Waals surface area contributed by atoms with Crippen molar-refractivity contribution in [1.82, 2.24) is 18.1 Å². The lowest BCUT2D eigenvalue weighted by molar-refractivity contribution is -0.118. The number of carbonyl (C=O) groups is 1. The minimum absolute atomic E-state index is 0.0253. The number of halogens is 3. The smallest absolute Gasteiger partial charge is 0.242 e. The van der Waals surface area contributed by atoms with Crippen LogP contribution < -0.4 is 20.3 Å². The fourth-order valence-electron chi connectivity index (χ4n) is 3.78. The molecule has 0 spiro atoms. The molecule has 3 heterocycles. The minimum atomic E-state index is -0.944. The lowest BCUT2D eigenvalue weighted by Crippen LogP contribution is -2.41. The second kappa shape index (κ2) is 10.1. The van der Waals surface area contributed by atoms with Gasteiger partial charge in [-0.2, -0.15) is 4.98 Å². The lowest BCUT2D eigenvalue weighted by atomic mass is 10.2. The number of hydrogen-bond acceptors (Lipinski definition) is 8. The number of anilines is 5. The van der Waals surface area contributed by atoms with Crippen molar-refractivity contribution >= 4 is 68.5 Å². The summed E-state index contributed by atoms with van der Waals surface area (Å²) < 4.78 is 34.6. The highest BCUT2D eigenvalue weighted by molar-refractivity contribution is 14.1. The molecule has 2 N–H and O–H groups in total. The lowest BCUT2D eigenvalue weighted by Gasteiger charge is -2.30. The van der Waals surface area contributed by atoms with Gasteiger partial charge in [0, 0.05) is 46.2 Å². The zero-order valence-electron chi connectivity index (χ0n) is 19.0. The van der Waals surface area contributed by atoms with E-state index in [2.05, 4.69) is 48.5 Å². The maximum absolute atomic E-state index is 13.6. The summed E-state index contributed by atoms with van der Waals surface area (Å²) in [4.78, 5) is 27.3. The quantitative estimate of drug-likeness (QED) is 0.240. The molecule has 36 heavy (non-hydrogen) atoms. The third kappa shape index (κ3) is 5.28. The number of fused-ring (bicyclic) bond motifs is 2. The summed E-state index contributed by atoms with van der Waals surface area (Å²) in [5.41, 5.74) is 2.26. The molecule has 0 atom stereocenters. The highest BCUT2D eigenvalue weighted by atomic mass is 127. The third-order valence-corrected chi connectivity index (χ3v) is 5.72. The monoisotopic (exact) mass is 603 g/mol. The molecule has 0 saturated heterocycles. The van der Waals surface area contributed by atoms with Crippen LogP contribution in [0, 0.1) is 11.6 Å². The molecule has 12 heteroatoms. The first-order valence-electron chi connectivity index (χ1n) is 10.9. The number of ether oxygens (including phenoxy) is 1. The van der Waals surface area contributed by atoms with E-state index in [1.807, 2.05) is 19.2 Å². The van der Waals surface area contributed by atoms with Gasteiger partial charge in [-0.25, -0.2) is 16.9 Å². The van der Waals surface area contributed by atoms with Crippen LogP contribution in [0.4, 0.5) is 37.6 Å². The van der Waals surface area contributed by atoms with Crippen LogP contribution in [-0.4, -0.2) is 50.7 Å². The number of benzene rings is 2. The highest BCUT2D eigenvalue weighted by Gasteiger charge is 2.24. The van der Waals surface area contributed by atoms with Gasteiger partial charge in [0.1, 0.15) is 18.2 Å². The number of rotatable bonds is 6. The van der Waals surface area contributed by atoms with Crippen molar-refractivity contribution in [3.63, 3.8) is 0 Å². The molecule has 2 aromatic carbocycles. The average molecular weight is 603 g/mol. The molecule has 0 unspecified atom stereocenters. The van der Waals surface area contributed by atoms with E-state index in [9.17, 15) is 13.6 Å². The average Bonchev–Trinajstić information content (AvgIpc) is 2.84. The van der Waals surface area contributed by atoms with Gasteiger partial charge in [-0.1, -0.05) is 0 Å². The van der Waals surface area contributed by atoms with E-state index in [1.165, 1.54) is 6.20 Å². The number of pyridine rings is 1. The predicted molar refractivity (Wildman–Crippen MR) is 141 cm³/mol. The summed E-state index contributed by atoms with van der Waals surface area (Å²) >= 11 is 2.08. The molecule has 1 aliphatic heterocycles. The number of likely N-dealkylation sites (N-methyl/N-ethyl adjacent to an activating group) is 1. The summed E-state index contributed by atoms with van der Waals surface area (Å²) in [6.07, 6.45) is 3.09. The van der Waals surface area contributed by atoms with E-state index in [0.717, 1.165) is 12.1 Å². The Morgan fingerprint density at radius 3 is 2.78 bits per heavy atom. The Bertz CT molecular complexity index is 1450. The molecule has 0 radical (unpaired) electrons. The van der Waals surface area contributed by atoms with Crippen molar-refractivity contribution in [2.24, 2.45) is 0 Å². The second-order valence-corrected chi connectivity index (χ2v) is 9.68. The summed E-state index contributed by atoms with van der Waals surface area (Å²) in [6.45, 7) is 1.17. The fourth-order valence-corrected chi connectivity index (χ4v) is 4.07. The summed E-state index contributed by atoms with van der Waals surface area (Å²) in [5, 5.41) is 6.70. The van der Waals surface area contributed by atoms with Gasteiger partial charge in [0.2, 0.25) is 11.9 Å². The number of amides is 1. The maximum Gasteiger partial charge on any atom is 0.242 e. The van der Waals surface area contributed by atoms with Gasteiger partial charge >= 0.3 is 0 Å². The predicted octanol–water partition coefficient (Wildman–Crippen LogP) is 4.80. The van der Waals surface area contributed by atoms with E-state index in [4.69, 9.17) is 4.74 Å². The topological polar surface area (TPSA) is 95.5 Å². The summed E-state index contributed by atoms with van der Waals surface area (Å²) in [6, 6.07) is 10.9. The fraction of sp³-hybridized carbons (Fsp3) is 0.167. The molecule has 2 aromatic heterocycles. The van der Waals surface area contributed by atoms with E-state index >= 15 is 0 Å². The Morgan fingerprint density at radius 2 is 1.94 bits per heavy atom. The van der Waals surface area contributed by atoms with Crippen LogP contribution in [0.2, 0.25) is 0 Å². The van der Waals surface area contributed by atoms with Crippen molar-refractivity contribution in [2.45, 2.75) is 0 Å². The van der Waals surface area contributed by atoms with Crippen LogP contribution in [0.3, 0.4) is 0 Å². The van der Waals surface area contributed by atoms with Crippen LogP contribution in [0.15, 0.2) is 54.9 Å². The van der Waals surface area contributed by atoms with Crippen LogP contribution in [0.25, 0.3) is 10.9 Å². The molecule has 0 bridgehead atoms. The van der Waals surface area contributed by atoms with Crippen molar-refractivity contribution in [3.8, 4) is 5.75 Å². The number of nitrogens with zero attached hydrogens (tertiary/aromatic N) is 5. The molecule has 5 rings (SSSR count). The summed E-state index contributed by atoms with van der Waals surface area (Å²) in [7, 11) is 1.84. The molecule has 1 amide bonds. The van der Waals surface area contributed by atoms with Gasteiger partial charge in [0.05, 0.1) is 36.2 Å². The van der Waals surface area contributed by atoms with Gasteiger partial charge in [-0.05, 0) is 43.4 Å². The van der Waals surface area contributed by atoms with Crippen molar-refractivity contribution in [2.75, 3.05) is 42.3 Å². The highest BCUT2D eigenvalue weighted by Crippen LogP contribution is 2.35. The Balaban J connectivity index is 1.35. The zero-order chi connectivity index (χ0) is 25.2. The third-order valence-electron chi connectivity index (χ3n) is 5.38. The second-order valence-electron chi connectivity index (χ2n) is 8.04. The molecule has 0 fully saturated rings. The Hall–Kier alpha value is -3.65. The molecule has 184 valence electrons. The molecular weight excluding hydrogens is 583 g/mol. The molecule has 4 aromatic rings. The van der Waals surface area contributed by atoms with E-state index in [-0.39, 0.29) is 12.5 Å². The van der Waals surface area contributed by atoms with E-state index < -0.39 is 11.6 Å². The zero-order valence-corrected chi connectivity index (χ0v) is 21.2. The van der Waals surface area contributed by atoms with Crippen molar-refractivity contribution < 1.29 is 18.3 Å². The number of hydrogen-bond donors (Lipinski definition) is 2. The van der Waals surface area contributed by atoms with Crippen LogP contribution >= 0.6 is 22.9 Å². The van der Waals surface area contributed by atoms with Gasteiger partial charge < -0.3 is 20.3 Å². The first kappa shape index (κ1) is 24.1. The van der Waals surface area contributed by atoms with Crippen molar-refractivity contribution in [1.29, 1.82) is 0 Å². The van der Waals surface area contributed by atoms with Crippen LogP contribution in [0.5, 0.6) is 5.75 Å². The maximum atomic E-state index is 13.6. The number of aromatic nitrogens is 3. The molecule has 1 aliphatic rings. The minimum Gasteiger partial charge on any atom is -0.490 e. The van der Waals surface area contributed by atoms with Gasteiger partial charge in [0.15, 0.2) is 11.6 Å². The van der Waals surface area contributed by atoms with Crippen molar-refractivity contribution in [3.05, 3.63) is 66.5 Å². The first-order chi connectivity index (χ1) is 17.4. The molecular formula is C24H20F2IN7O2. The largest absolute Gasteiger partial charge is 0.490 e. The Morgan fingerprint density at radius 1 is 1.11 bits per heavy atom. The number of nitrogens with one attached hydrogen (secondary N) is 2. The summed E-state index contributed by atoms with van der Waals surface area (Å²) in [5.74, 6) is -0.481. The molecule has 0 aliphatic carbocycles. The first-order valence-corrected chi connectivity index (χ1v) is 11.9. The van der Waals surface area contributed by atoms with Gasteiger partial charge in [0.25, 0.3) is 0 Å².